The predicted molar refractivity (Wildman–Crippen MR) is 141 cm³/mol. The highest BCUT2D eigenvalue weighted by atomic mass is 32.1. The standard InChI is InChI=1S/C25H33N5O6S/c1-24(2,3)35-22(33)28-11-9-26-14-7-8-15(27-10-12-29-23(34)36-25(4,5)6)17-16(14)19(31)18-21(20(17)32)37-13-30-18/h7-8,13,26-27H,9-12H2,1-6H3,(H,28,33)(H,29,34). The van der Waals surface area contributed by atoms with Gasteiger partial charge in [0.05, 0.1) is 16.6 Å². The first-order valence-corrected chi connectivity index (χ1v) is 12.8. The summed E-state index contributed by atoms with van der Waals surface area (Å²) in [5.41, 5.74) is 1.76. The SMILES string of the molecule is CC(C)(C)OC(=O)NCCNc1ccc(NCCNC(=O)OC(C)(C)C)c2c1C(=O)c1ncsc1C2=O. The van der Waals surface area contributed by atoms with Crippen LogP contribution in [-0.4, -0.2) is 66.1 Å². The molecular weight excluding hydrogens is 498 g/mol. The highest BCUT2D eigenvalue weighted by Crippen LogP contribution is 2.37. The van der Waals surface area contributed by atoms with E-state index in [0.29, 0.717) is 24.5 Å². The smallest absolute Gasteiger partial charge is 0.407 e. The predicted octanol–water partition coefficient (Wildman–Crippen LogP) is 3.79. The fraction of sp³-hybridized carbons (Fsp3) is 0.480. The van der Waals surface area contributed by atoms with Gasteiger partial charge in [0.15, 0.2) is 0 Å². The van der Waals surface area contributed by atoms with Crippen LogP contribution in [0.1, 0.15) is 72.8 Å². The Hall–Kier alpha value is -3.67. The molecule has 1 aromatic heterocycles. The Labute approximate surface area is 219 Å². The Bertz CT molecular complexity index is 1110. The summed E-state index contributed by atoms with van der Waals surface area (Å²) >= 11 is 1.12. The molecule has 3 rings (SSSR count). The molecule has 200 valence electrons. The number of nitrogens with one attached hydrogen (secondary N) is 4. The van der Waals surface area contributed by atoms with E-state index in [2.05, 4.69) is 26.3 Å². The fourth-order valence-electron chi connectivity index (χ4n) is 3.52. The Morgan fingerprint density at radius 2 is 1.24 bits per heavy atom. The van der Waals surface area contributed by atoms with Crippen molar-refractivity contribution in [3.05, 3.63) is 39.3 Å². The molecule has 1 aliphatic carbocycles. The zero-order valence-electron chi connectivity index (χ0n) is 21.9. The molecule has 11 nitrogen and oxygen atoms in total. The minimum Gasteiger partial charge on any atom is -0.444 e. The second kappa shape index (κ2) is 11.2. The summed E-state index contributed by atoms with van der Waals surface area (Å²) in [5.74, 6) is -0.658. The van der Waals surface area contributed by atoms with Crippen molar-refractivity contribution >= 4 is 46.5 Å². The lowest BCUT2D eigenvalue weighted by molar-refractivity contribution is 0.0518. The van der Waals surface area contributed by atoms with Crippen molar-refractivity contribution in [1.29, 1.82) is 0 Å². The summed E-state index contributed by atoms with van der Waals surface area (Å²) in [7, 11) is 0. The van der Waals surface area contributed by atoms with Gasteiger partial charge in [-0.25, -0.2) is 14.6 Å². The van der Waals surface area contributed by atoms with Crippen molar-refractivity contribution in [2.45, 2.75) is 52.7 Å². The van der Waals surface area contributed by atoms with Crippen LogP contribution in [0, 0.1) is 0 Å². The largest absolute Gasteiger partial charge is 0.444 e. The molecule has 1 heterocycles. The topological polar surface area (TPSA) is 148 Å². The van der Waals surface area contributed by atoms with E-state index in [1.165, 1.54) is 5.51 Å². The van der Waals surface area contributed by atoms with Crippen molar-refractivity contribution < 1.29 is 28.7 Å². The Balaban J connectivity index is 1.72. The average molecular weight is 532 g/mol. The van der Waals surface area contributed by atoms with Gasteiger partial charge < -0.3 is 30.7 Å². The number of aromatic nitrogens is 1. The molecule has 2 amide bonds. The monoisotopic (exact) mass is 531 g/mol. The highest BCUT2D eigenvalue weighted by Gasteiger charge is 2.36. The molecule has 2 aromatic rings. The molecular formula is C25H33N5O6S. The van der Waals surface area contributed by atoms with Gasteiger partial charge in [0.2, 0.25) is 11.6 Å². The van der Waals surface area contributed by atoms with Gasteiger partial charge in [0, 0.05) is 37.6 Å². The molecule has 0 bridgehead atoms. The van der Waals surface area contributed by atoms with Crippen molar-refractivity contribution in [3.63, 3.8) is 0 Å². The van der Waals surface area contributed by atoms with Gasteiger partial charge in [0.1, 0.15) is 21.8 Å². The minimum atomic E-state index is -0.611. The minimum absolute atomic E-state index is 0.126. The third-order valence-corrected chi connectivity index (χ3v) is 5.69. The first-order valence-electron chi connectivity index (χ1n) is 11.9. The number of ether oxygens (including phenoxy) is 2. The second-order valence-electron chi connectivity index (χ2n) is 10.3. The van der Waals surface area contributed by atoms with E-state index in [4.69, 9.17) is 9.47 Å². The van der Waals surface area contributed by atoms with Gasteiger partial charge in [-0.3, -0.25) is 9.59 Å². The van der Waals surface area contributed by atoms with Crippen LogP contribution in [0.15, 0.2) is 17.6 Å². The quantitative estimate of drug-likeness (QED) is 0.319. The van der Waals surface area contributed by atoms with E-state index >= 15 is 0 Å². The van der Waals surface area contributed by atoms with E-state index in [9.17, 15) is 19.2 Å². The summed E-state index contributed by atoms with van der Waals surface area (Å²) in [6.45, 7) is 11.7. The number of fused-ring (bicyclic) bond motifs is 2. The summed E-state index contributed by atoms with van der Waals surface area (Å²) in [4.78, 5) is 54.8. The molecule has 1 aliphatic rings. The summed E-state index contributed by atoms with van der Waals surface area (Å²) < 4.78 is 10.4. The molecule has 0 spiro atoms. The maximum Gasteiger partial charge on any atom is 0.407 e. The number of amides is 2. The fourth-order valence-corrected chi connectivity index (χ4v) is 4.25. The van der Waals surface area contributed by atoms with Gasteiger partial charge in [-0.15, -0.1) is 11.3 Å². The zero-order chi connectivity index (χ0) is 27.4. The average Bonchev–Trinajstić information content (AvgIpc) is 3.26. The molecule has 0 saturated heterocycles. The van der Waals surface area contributed by atoms with Crippen LogP contribution in [0.5, 0.6) is 0 Å². The molecule has 0 atom stereocenters. The van der Waals surface area contributed by atoms with Crippen LogP contribution in [0.4, 0.5) is 21.0 Å². The molecule has 0 radical (unpaired) electrons. The second-order valence-corrected chi connectivity index (χ2v) is 11.2. The van der Waals surface area contributed by atoms with Crippen molar-refractivity contribution in [2.24, 2.45) is 0 Å². The number of alkyl carbamates (subject to hydrolysis) is 2. The van der Waals surface area contributed by atoms with Crippen LogP contribution in [0.25, 0.3) is 0 Å². The summed E-state index contributed by atoms with van der Waals surface area (Å²) in [6, 6.07) is 3.39. The van der Waals surface area contributed by atoms with Gasteiger partial charge in [0.25, 0.3) is 0 Å². The number of carbonyl (C=O) groups is 4. The lowest BCUT2D eigenvalue weighted by Crippen LogP contribution is -2.35. The van der Waals surface area contributed by atoms with Gasteiger partial charge >= 0.3 is 12.2 Å². The Morgan fingerprint density at radius 1 is 0.784 bits per heavy atom. The van der Waals surface area contributed by atoms with Crippen molar-refractivity contribution in [2.75, 3.05) is 36.8 Å². The molecule has 12 heteroatoms. The van der Waals surface area contributed by atoms with Crippen molar-refractivity contribution in [3.8, 4) is 0 Å². The normalized spacial score (nSPS) is 12.8. The number of nitrogens with zero attached hydrogens (tertiary/aromatic N) is 1. The first kappa shape index (κ1) is 27.9. The van der Waals surface area contributed by atoms with Crippen LogP contribution < -0.4 is 21.3 Å². The molecule has 0 fully saturated rings. The van der Waals surface area contributed by atoms with Gasteiger partial charge in [-0.05, 0) is 53.7 Å². The maximum absolute atomic E-state index is 13.3. The van der Waals surface area contributed by atoms with E-state index in [-0.39, 0.29) is 46.4 Å². The number of rotatable bonds is 8. The lowest BCUT2D eigenvalue weighted by Gasteiger charge is -2.22. The lowest BCUT2D eigenvalue weighted by atomic mass is 9.88. The molecule has 4 N–H and O–H groups in total. The number of ketones is 2. The van der Waals surface area contributed by atoms with E-state index in [1.54, 1.807) is 53.7 Å². The van der Waals surface area contributed by atoms with Crippen LogP contribution in [-0.2, 0) is 9.47 Å². The summed E-state index contributed by atoms with van der Waals surface area (Å²) in [6.07, 6.45) is -1.09. The van der Waals surface area contributed by atoms with Crippen LogP contribution in [0.3, 0.4) is 0 Å². The van der Waals surface area contributed by atoms with E-state index in [1.807, 2.05) is 0 Å². The van der Waals surface area contributed by atoms with E-state index in [0.717, 1.165) is 11.3 Å². The number of benzene rings is 1. The third kappa shape index (κ3) is 7.42. The van der Waals surface area contributed by atoms with Gasteiger partial charge in [-0.1, -0.05) is 0 Å². The number of anilines is 2. The molecule has 0 unspecified atom stereocenters. The zero-order valence-corrected chi connectivity index (χ0v) is 22.7. The molecule has 1 aromatic carbocycles. The highest BCUT2D eigenvalue weighted by molar-refractivity contribution is 7.12. The number of hydrogen-bond donors (Lipinski definition) is 4. The first-order chi connectivity index (χ1) is 17.3. The van der Waals surface area contributed by atoms with Gasteiger partial charge in [-0.2, -0.15) is 0 Å². The number of thiazole rings is 1. The number of hydrogen-bond acceptors (Lipinski definition) is 10. The molecule has 0 saturated carbocycles. The van der Waals surface area contributed by atoms with E-state index < -0.39 is 23.4 Å². The third-order valence-electron chi connectivity index (χ3n) is 4.87. The molecule has 37 heavy (non-hydrogen) atoms. The van der Waals surface area contributed by atoms with Crippen LogP contribution >= 0.6 is 11.3 Å². The Kier molecular flexibility index (Phi) is 8.42. The summed E-state index contributed by atoms with van der Waals surface area (Å²) in [5, 5.41) is 11.6. The van der Waals surface area contributed by atoms with Crippen molar-refractivity contribution in [1.82, 2.24) is 15.6 Å². The van der Waals surface area contributed by atoms with Crippen LogP contribution in [0.2, 0.25) is 0 Å². The molecule has 0 aliphatic heterocycles. The number of carbonyl (C=O) groups excluding carboxylic acids is 4. The Morgan fingerprint density at radius 3 is 1.70 bits per heavy atom. The maximum atomic E-state index is 13.3.